The second-order valence-corrected chi connectivity index (χ2v) is 2.47. The summed E-state index contributed by atoms with van der Waals surface area (Å²) in [6, 6.07) is 1.39. The summed E-state index contributed by atoms with van der Waals surface area (Å²) < 4.78 is 1.01. The molecule has 0 spiro atoms. The summed E-state index contributed by atoms with van der Waals surface area (Å²) in [5, 5.41) is 8.43. The number of hydrogen-bond acceptors (Lipinski definition) is 4. The predicted octanol–water partition coefficient (Wildman–Crippen LogP) is -0.462. The number of aromatic amines is 1. The van der Waals surface area contributed by atoms with E-state index >= 15 is 0 Å². The quantitative estimate of drug-likeness (QED) is 0.582. The molecule has 1 heterocycles. The number of aliphatic hydroxyl groups excluding tert-OH is 1. The Morgan fingerprint density at radius 2 is 2.42 bits per heavy atom. The fraction of sp³-hybridized carbons (Fsp3) is 0.167. The zero-order chi connectivity index (χ0) is 9.14. The van der Waals surface area contributed by atoms with Crippen LogP contribution in [0.4, 0.5) is 0 Å². The number of aromatic nitrogens is 2. The molecule has 0 radical (unpaired) electrons. The number of nitrogens with zero attached hydrogens (tertiary/aromatic N) is 1. The highest BCUT2D eigenvalue weighted by atomic mass is 32.1. The fourth-order valence-corrected chi connectivity index (χ4v) is 0.838. The average molecular weight is 186 g/mol. The van der Waals surface area contributed by atoms with Gasteiger partial charge in [0.1, 0.15) is 11.2 Å². The topological polar surface area (TPSA) is 75.1 Å². The molecule has 0 saturated carbocycles. The van der Waals surface area contributed by atoms with Crippen LogP contribution in [0.25, 0.3) is 0 Å². The molecule has 2 N–H and O–H groups in total. The lowest BCUT2D eigenvalue weighted by Crippen LogP contribution is -2.29. The molecular weight excluding hydrogens is 180 g/mol. The molecule has 0 fully saturated rings. The highest BCUT2D eigenvalue weighted by molar-refractivity contribution is 7.71. The molecule has 1 aromatic rings. The summed E-state index contributed by atoms with van der Waals surface area (Å²) in [5.74, 6) is -0.689. The molecular formula is C6H6N2O3S. The third-order valence-corrected chi connectivity index (χ3v) is 1.47. The van der Waals surface area contributed by atoms with E-state index in [2.05, 4.69) is 17.2 Å². The van der Waals surface area contributed by atoms with E-state index in [0.717, 1.165) is 4.57 Å². The Morgan fingerprint density at radius 1 is 1.75 bits per heavy atom. The summed E-state index contributed by atoms with van der Waals surface area (Å²) in [5.41, 5.74) is -0.637. The molecule has 0 aliphatic carbocycles. The van der Waals surface area contributed by atoms with Crippen LogP contribution in [-0.2, 0) is 0 Å². The van der Waals surface area contributed by atoms with E-state index in [1.165, 1.54) is 12.3 Å². The lowest BCUT2D eigenvalue weighted by atomic mass is 10.6. The van der Waals surface area contributed by atoms with Crippen molar-refractivity contribution in [2.45, 2.75) is 0 Å². The SMILES string of the molecule is O=C(CO)n1ccc(=S)[nH]c1=O. The van der Waals surface area contributed by atoms with Gasteiger partial charge in [-0.25, -0.2) is 9.36 Å². The zero-order valence-electron chi connectivity index (χ0n) is 5.98. The van der Waals surface area contributed by atoms with Gasteiger partial charge < -0.3 is 5.11 Å². The van der Waals surface area contributed by atoms with Gasteiger partial charge in [0, 0.05) is 6.20 Å². The van der Waals surface area contributed by atoms with E-state index in [1.807, 2.05) is 0 Å². The van der Waals surface area contributed by atoms with Crippen molar-refractivity contribution in [3.05, 3.63) is 27.4 Å². The normalized spacial score (nSPS) is 9.75. The van der Waals surface area contributed by atoms with Gasteiger partial charge in [0.05, 0.1) is 0 Å². The van der Waals surface area contributed by atoms with Gasteiger partial charge in [0.25, 0.3) is 5.91 Å². The van der Waals surface area contributed by atoms with Crippen LogP contribution in [0.3, 0.4) is 0 Å². The molecule has 0 atom stereocenters. The third-order valence-electron chi connectivity index (χ3n) is 1.23. The van der Waals surface area contributed by atoms with Crippen molar-refractivity contribution in [1.29, 1.82) is 0 Å². The van der Waals surface area contributed by atoms with Gasteiger partial charge in [-0.15, -0.1) is 0 Å². The van der Waals surface area contributed by atoms with E-state index in [0.29, 0.717) is 0 Å². The zero-order valence-corrected chi connectivity index (χ0v) is 6.80. The third kappa shape index (κ3) is 1.66. The minimum atomic E-state index is -0.704. The summed E-state index contributed by atoms with van der Waals surface area (Å²) >= 11 is 4.64. The van der Waals surface area contributed by atoms with Crippen molar-refractivity contribution < 1.29 is 9.90 Å². The van der Waals surface area contributed by atoms with Crippen LogP contribution < -0.4 is 5.69 Å². The van der Waals surface area contributed by atoms with Crippen LogP contribution >= 0.6 is 12.2 Å². The lowest BCUT2D eigenvalue weighted by Gasteiger charge is -1.98. The summed E-state index contributed by atoms with van der Waals surface area (Å²) in [7, 11) is 0. The Bertz CT molecular complexity index is 406. The van der Waals surface area contributed by atoms with Crippen LogP contribution in [0, 0.1) is 4.64 Å². The lowest BCUT2D eigenvalue weighted by molar-refractivity contribution is 0.0812. The van der Waals surface area contributed by atoms with Crippen LogP contribution in [-0.4, -0.2) is 27.2 Å². The average Bonchev–Trinajstić information content (AvgIpc) is 2.03. The molecule has 6 heteroatoms. The van der Waals surface area contributed by atoms with Crippen molar-refractivity contribution in [1.82, 2.24) is 9.55 Å². The van der Waals surface area contributed by atoms with Gasteiger partial charge in [-0.3, -0.25) is 9.78 Å². The van der Waals surface area contributed by atoms with Gasteiger partial charge in [-0.1, -0.05) is 12.2 Å². The molecule has 5 nitrogen and oxygen atoms in total. The van der Waals surface area contributed by atoms with Gasteiger partial charge in [0.2, 0.25) is 0 Å². The smallest absolute Gasteiger partial charge is 0.333 e. The van der Waals surface area contributed by atoms with Crippen molar-refractivity contribution in [2.75, 3.05) is 6.61 Å². The van der Waals surface area contributed by atoms with Crippen LogP contribution in [0.2, 0.25) is 0 Å². The molecule has 1 rings (SSSR count). The first-order valence-electron chi connectivity index (χ1n) is 3.11. The monoisotopic (exact) mass is 186 g/mol. The van der Waals surface area contributed by atoms with E-state index < -0.39 is 18.2 Å². The Hall–Kier alpha value is -1.27. The number of carbonyl (C=O) groups is 1. The van der Waals surface area contributed by atoms with Crippen molar-refractivity contribution in [3.8, 4) is 0 Å². The van der Waals surface area contributed by atoms with Crippen molar-refractivity contribution in [2.24, 2.45) is 0 Å². The van der Waals surface area contributed by atoms with E-state index in [-0.39, 0.29) is 4.64 Å². The minimum Gasteiger partial charge on any atom is -0.387 e. The van der Waals surface area contributed by atoms with Gasteiger partial charge in [-0.05, 0) is 6.07 Å². The Kier molecular flexibility index (Phi) is 2.51. The van der Waals surface area contributed by atoms with E-state index in [4.69, 9.17) is 5.11 Å². The molecule has 64 valence electrons. The van der Waals surface area contributed by atoms with E-state index in [1.54, 1.807) is 0 Å². The number of nitrogens with one attached hydrogen (secondary N) is 1. The fourth-order valence-electron chi connectivity index (χ4n) is 0.690. The predicted molar refractivity (Wildman–Crippen MR) is 43.6 cm³/mol. The molecule has 1 aromatic heterocycles. The molecule has 0 aromatic carbocycles. The maximum Gasteiger partial charge on any atom is 0.333 e. The second kappa shape index (κ2) is 3.42. The number of H-pyrrole nitrogens is 1. The molecule has 0 amide bonds. The largest absolute Gasteiger partial charge is 0.387 e. The highest BCUT2D eigenvalue weighted by Crippen LogP contribution is 1.81. The number of rotatable bonds is 1. The molecule has 0 aliphatic rings. The first-order chi connectivity index (χ1) is 5.65. The molecule has 0 saturated heterocycles. The standard InChI is InChI=1S/C6H6N2O3S/c9-3-5(10)8-2-1-4(12)7-6(8)11/h1-2,9H,3H2,(H,7,11,12). The van der Waals surface area contributed by atoms with Crippen molar-refractivity contribution >= 4 is 18.1 Å². The number of carbonyl (C=O) groups excluding carboxylic acids is 1. The molecule has 12 heavy (non-hydrogen) atoms. The van der Waals surface area contributed by atoms with Gasteiger partial charge in [0.15, 0.2) is 0 Å². The van der Waals surface area contributed by atoms with Gasteiger partial charge in [-0.2, -0.15) is 0 Å². The first kappa shape index (κ1) is 8.82. The molecule has 0 unspecified atom stereocenters. The summed E-state index contributed by atoms with van der Waals surface area (Å²) in [4.78, 5) is 24.0. The Balaban J connectivity index is 3.28. The molecule has 0 bridgehead atoms. The van der Waals surface area contributed by atoms with Crippen molar-refractivity contribution in [3.63, 3.8) is 0 Å². The Morgan fingerprint density at radius 3 is 2.92 bits per heavy atom. The maximum absolute atomic E-state index is 10.9. The first-order valence-corrected chi connectivity index (χ1v) is 3.52. The maximum atomic E-state index is 10.9. The highest BCUT2D eigenvalue weighted by Gasteiger charge is 2.03. The van der Waals surface area contributed by atoms with Crippen LogP contribution in [0.5, 0.6) is 0 Å². The Labute approximate surface area is 72.3 Å². The number of aliphatic hydroxyl groups is 1. The van der Waals surface area contributed by atoms with Crippen LogP contribution in [0.15, 0.2) is 17.1 Å². The van der Waals surface area contributed by atoms with Gasteiger partial charge >= 0.3 is 5.69 Å². The summed E-state index contributed by atoms with van der Waals surface area (Å²) in [6.45, 7) is -0.704. The van der Waals surface area contributed by atoms with Crippen LogP contribution in [0.1, 0.15) is 4.79 Å². The molecule has 0 aliphatic heterocycles. The minimum absolute atomic E-state index is 0.252. The summed E-state index contributed by atoms with van der Waals surface area (Å²) in [6.07, 6.45) is 1.22. The number of hydrogen-bond donors (Lipinski definition) is 2. The second-order valence-electron chi connectivity index (χ2n) is 2.03. The van der Waals surface area contributed by atoms with E-state index in [9.17, 15) is 9.59 Å².